The number of nitrogens with one attached hydrogen (secondary N) is 2. The molecule has 1 aromatic rings. The highest BCUT2D eigenvalue weighted by Gasteiger charge is 2.07. The van der Waals surface area contributed by atoms with E-state index in [9.17, 15) is 5.11 Å². The highest BCUT2D eigenvalue weighted by Crippen LogP contribution is 2.09. The molecule has 0 radical (unpaired) electrons. The van der Waals surface area contributed by atoms with Crippen molar-refractivity contribution in [1.29, 1.82) is 0 Å². The first-order valence-corrected chi connectivity index (χ1v) is 6.60. The number of hydrogen-bond acceptors (Lipinski definition) is 6. The molecule has 102 valence electrons. The zero-order chi connectivity index (χ0) is 13.4. The molecule has 0 bridgehead atoms. The van der Waals surface area contributed by atoms with Crippen LogP contribution in [0, 0.1) is 0 Å². The van der Waals surface area contributed by atoms with E-state index in [0.717, 1.165) is 25.8 Å². The van der Waals surface area contributed by atoms with Crippen molar-refractivity contribution in [3.05, 3.63) is 5.28 Å². The molecule has 18 heavy (non-hydrogen) atoms. The van der Waals surface area contributed by atoms with E-state index < -0.39 is 6.10 Å². The van der Waals surface area contributed by atoms with E-state index in [-0.39, 0.29) is 5.28 Å². The molecule has 1 heterocycles. The first-order chi connectivity index (χ1) is 8.65. The Labute approximate surface area is 112 Å². The van der Waals surface area contributed by atoms with Gasteiger partial charge in [0, 0.05) is 13.1 Å². The zero-order valence-corrected chi connectivity index (χ0v) is 11.5. The van der Waals surface area contributed by atoms with Crippen LogP contribution in [0.3, 0.4) is 0 Å². The minimum absolute atomic E-state index is 0.135. The van der Waals surface area contributed by atoms with Gasteiger partial charge in [0.05, 0.1) is 6.10 Å². The van der Waals surface area contributed by atoms with E-state index in [1.807, 2.05) is 6.92 Å². The Morgan fingerprint density at radius 3 is 2.39 bits per heavy atom. The molecule has 0 aliphatic heterocycles. The van der Waals surface area contributed by atoms with Crippen LogP contribution >= 0.6 is 11.6 Å². The van der Waals surface area contributed by atoms with Gasteiger partial charge in [0.15, 0.2) is 0 Å². The third-order valence-electron chi connectivity index (χ3n) is 2.26. The van der Waals surface area contributed by atoms with Crippen LogP contribution in [0.4, 0.5) is 11.9 Å². The van der Waals surface area contributed by atoms with Gasteiger partial charge in [-0.25, -0.2) is 0 Å². The van der Waals surface area contributed by atoms with Gasteiger partial charge in [-0.15, -0.1) is 0 Å². The maximum Gasteiger partial charge on any atom is 0.228 e. The molecule has 6 nitrogen and oxygen atoms in total. The van der Waals surface area contributed by atoms with Gasteiger partial charge in [-0.1, -0.05) is 20.3 Å². The molecule has 1 rings (SSSR count). The summed E-state index contributed by atoms with van der Waals surface area (Å²) in [5.74, 6) is 0.827. The summed E-state index contributed by atoms with van der Waals surface area (Å²) < 4.78 is 0. The highest BCUT2D eigenvalue weighted by molar-refractivity contribution is 6.28. The molecule has 0 aliphatic rings. The van der Waals surface area contributed by atoms with Crippen molar-refractivity contribution < 1.29 is 5.11 Å². The number of halogens is 1. The Balaban J connectivity index is 2.56. The number of anilines is 2. The lowest BCUT2D eigenvalue weighted by molar-refractivity contribution is 0.176. The molecule has 1 atom stereocenters. The third kappa shape index (κ3) is 5.46. The Bertz CT molecular complexity index is 363. The number of rotatable bonds is 8. The lowest BCUT2D eigenvalue weighted by Crippen LogP contribution is -2.20. The quantitative estimate of drug-likeness (QED) is 0.671. The predicted octanol–water partition coefficient (Wildman–Crippen LogP) is 1.92. The van der Waals surface area contributed by atoms with Crippen LogP contribution < -0.4 is 10.6 Å². The van der Waals surface area contributed by atoms with E-state index in [2.05, 4.69) is 32.5 Å². The Kier molecular flexibility index (Phi) is 6.67. The fraction of sp³-hybridized carbons (Fsp3) is 0.727. The predicted molar refractivity (Wildman–Crippen MR) is 73.0 cm³/mol. The summed E-state index contributed by atoms with van der Waals surface area (Å²) in [5.41, 5.74) is 0. The second kappa shape index (κ2) is 8.05. The largest absolute Gasteiger partial charge is 0.391 e. The maximum atomic E-state index is 9.61. The van der Waals surface area contributed by atoms with Crippen LogP contribution in [0.5, 0.6) is 0 Å². The molecule has 0 aliphatic carbocycles. The molecule has 1 unspecified atom stereocenters. The van der Waals surface area contributed by atoms with Gasteiger partial charge in [-0.3, -0.25) is 0 Å². The normalized spacial score (nSPS) is 12.2. The topological polar surface area (TPSA) is 83.0 Å². The molecule has 3 N–H and O–H groups in total. The van der Waals surface area contributed by atoms with E-state index in [0.29, 0.717) is 18.4 Å². The van der Waals surface area contributed by atoms with Gasteiger partial charge >= 0.3 is 0 Å². The molecule has 0 amide bonds. The monoisotopic (exact) mass is 273 g/mol. The smallest absolute Gasteiger partial charge is 0.228 e. The Morgan fingerprint density at radius 1 is 1.11 bits per heavy atom. The molecule has 0 fully saturated rings. The molecule has 0 saturated carbocycles. The summed E-state index contributed by atoms with van der Waals surface area (Å²) in [6, 6.07) is 0. The number of aliphatic hydroxyl groups excluding tert-OH is 1. The van der Waals surface area contributed by atoms with Crippen molar-refractivity contribution in [2.75, 3.05) is 23.7 Å². The lowest BCUT2D eigenvalue weighted by atomic mass is 10.2. The van der Waals surface area contributed by atoms with Gasteiger partial charge in [-0.05, 0) is 24.4 Å². The van der Waals surface area contributed by atoms with Gasteiger partial charge in [0.25, 0.3) is 0 Å². The summed E-state index contributed by atoms with van der Waals surface area (Å²) >= 11 is 5.80. The van der Waals surface area contributed by atoms with Crippen molar-refractivity contribution >= 4 is 23.5 Å². The molecule has 0 aromatic carbocycles. The molecular weight excluding hydrogens is 254 g/mol. The SMILES string of the molecule is CCCNc1nc(Cl)nc(NCC(O)CCC)n1. The van der Waals surface area contributed by atoms with Crippen LogP contribution in [0.25, 0.3) is 0 Å². The number of nitrogens with zero attached hydrogens (tertiary/aromatic N) is 3. The number of aromatic nitrogens is 3. The first kappa shape index (κ1) is 14.9. The molecule has 0 spiro atoms. The van der Waals surface area contributed by atoms with Crippen LogP contribution in [0.15, 0.2) is 0 Å². The first-order valence-electron chi connectivity index (χ1n) is 6.23. The van der Waals surface area contributed by atoms with Crippen molar-refractivity contribution in [2.24, 2.45) is 0 Å². The van der Waals surface area contributed by atoms with Gasteiger partial charge in [0.2, 0.25) is 17.2 Å². The van der Waals surface area contributed by atoms with Crippen LogP contribution in [0.1, 0.15) is 33.1 Å². The van der Waals surface area contributed by atoms with Crippen LogP contribution in [0.2, 0.25) is 5.28 Å². The van der Waals surface area contributed by atoms with E-state index in [4.69, 9.17) is 11.6 Å². The highest BCUT2D eigenvalue weighted by atomic mass is 35.5. The molecular formula is C11H20ClN5O. The van der Waals surface area contributed by atoms with E-state index in [1.54, 1.807) is 0 Å². The van der Waals surface area contributed by atoms with Gasteiger partial charge in [-0.2, -0.15) is 15.0 Å². The van der Waals surface area contributed by atoms with E-state index >= 15 is 0 Å². The second-order valence-corrected chi connectivity index (χ2v) is 4.34. The minimum atomic E-state index is -0.405. The number of aliphatic hydroxyl groups is 1. The second-order valence-electron chi connectivity index (χ2n) is 4.00. The molecule has 7 heteroatoms. The summed E-state index contributed by atoms with van der Waals surface area (Å²) in [4.78, 5) is 12.1. The van der Waals surface area contributed by atoms with Gasteiger partial charge in [0.1, 0.15) is 0 Å². The summed E-state index contributed by atoms with van der Waals surface area (Å²) in [6.45, 7) is 5.26. The molecule has 0 saturated heterocycles. The summed E-state index contributed by atoms with van der Waals surface area (Å²) in [5, 5.41) is 15.7. The summed E-state index contributed by atoms with van der Waals surface area (Å²) in [6.07, 6.45) is 2.25. The average molecular weight is 274 g/mol. The minimum Gasteiger partial charge on any atom is -0.391 e. The average Bonchev–Trinajstić information content (AvgIpc) is 2.34. The summed E-state index contributed by atoms with van der Waals surface area (Å²) in [7, 11) is 0. The lowest BCUT2D eigenvalue weighted by Gasteiger charge is -2.11. The van der Waals surface area contributed by atoms with Crippen molar-refractivity contribution in [1.82, 2.24) is 15.0 Å². The van der Waals surface area contributed by atoms with E-state index in [1.165, 1.54) is 0 Å². The van der Waals surface area contributed by atoms with Crippen molar-refractivity contribution in [3.63, 3.8) is 0 Å². The third-order valence-corrected chi connectivity index (χ3v) is 2.43. The van der Waals surface area contributed by atoms with Gasteiger partial charge < -0.3 is 15.7 Å². The fourth-order valence-electron chi connectivity index (χ4n) is 1.39. The zero-order valence-electron chi connectivity index (χ0n) is 10.8. The van der Waals surface area contributed by atoms with Crippen molar-refractivity contribution in [2.45, 2.75) is 39.2 Å². The Morgan fingerprint density at radius 2 is 1.78 bits per heavy atom. The Hall–Kier alpha value is -1.14. The van der Waals surface area contributed by atoms with Crippen LogP contribution in [-0.2, 0) is 0 Å². The fourth-order valence-corrected chi connectivity index (χ4v) is 1.55. The number of hydrogen-bond donors (Lipinski definition) is 3. The molecule has 1 aromatic heterocycles. The van der Waals surface area contributed by atoms with Crippen molar-refractivity contribution in [3.8, 4) is 0 Å². The maximum absolute atomic E-state index is 9.61. The standard InChI is InChI=1S/C11H20ClN5O/c1-3-5-8(18)7-14-11-16-9(12)15-10(17-11)13-6-4-2/h8,18H,3-7H2,1-2H3,(H2,13,14,15,16,17). The van der Waals surface area contributed by atoms with Crippen LogP contribution in [-0.4, -0.2) is 39.3 Å².